The number of methoxy groups -OCH3 is 1. The molecule has 0 atom stereocenters. The van der Waals surface area contributed by atoms with Crippen LogP contribution in [0.25, 0.3) is 0 Å². The molecule has 0 saturated carbocycles. The molecule has 0 amide bonds. The highest BCUT2D eigenvalue weighted by molar-refractivity contribution is 6.52. The van der Waals surface area contributed by atoms with Crippen LogP contribution in [0.3, 0.4) is 0 Å². The standard InChI is InChI=1S/C21H16ClNO2/c1-25-19-9-5-6-16(14-19)21(24)20(15-10-12-17(22)13-11-15)23-18-7-3-2-4-8-18/h2-14H,1H3. The molecule has 0 aliphatic rings. The van der Waals surface area contributed by atoms with Crippen molar-refractivity contribution in [3.63, 3.8) is 0 Å². The number of benzene rings is 3. The van der Waals surface area contributed by atoms with Crippen LogP contribution in [0.2, 0.25) is 5.02 Å². The predicted molar refractivity (Wildman–Crippen MR) is 101 cm³/mol. The van der Waals surface area contributed by atoms with Crippen LogP contribution >= 0.6 is 11.6 Å². The summed E-state index contributed by atoms with van der Waals surface area (Å²) in [5.41, 5.74) is 2.30. The molecule has 0 heterocycles. The van der Waals surface area contributed by atoms with Gasteiger partial charge >= 0.3 is 0 Å². The van der Waals surface area contributed by atoms with Crippen LogP contribution in [0.5, 0.6) is 5.75 Å². The zero-order valence-corrected chi connectivity index (χ0v) is 14.4. The third-order valence-corrected chi connectivity index (χ3v) is 3.91. The molecular formula is C21H16ClNO2. The number of ether oxygens (including phenoxy) is 1. The molecule has 0 spiro atoms. The Hall–Kier alpha value is -2.91. The summed E-state index contributed by atoms with van der Waals surface area (Å²) in [5.74, 6) is 0.450. The van der Waals surface area contributed by atoms with Gasteiger partial charge < -0.3 is 4.74 Å². The Morgan fingerprint density at radius 1 is 0.880 bits per heavy atom. The molecular weight excluding hydrogens is 334 g/mol. The van der Waals surface area contributed by atoms with Crippen molar-refractivity contribution in [2.24, 2.45) is 4.99 Å². The average Bonchev–Trinajstić information content (AvgIpc) is 2.67. The van der Waals surface area contributed by atoms with Gasteiger partial charge in [0.05, 0.1) is 12.8 Å². The Bertz CT molecular complexity index is 903. The summed E-state index contributed by atoms with van der Waals surface area (Å²) in [6, 6.07) is 23.5. The Labute approximate surface area is 151 Å². The lowest BCUT2D eigenvalue weighted by Gasteiger charge is -2.08. The van der Waals surface area contributed by atoms with Gasteiger partial charge in [0.1, 0.15) is 11.5 Å². The van der Waals surface area contributed by atoms with Crippen LogP contribution in [0, 0.1) is 0 Å². The highest BCUT2D eigenvalue weighted by atomic mass is 35.5. The van der Waals surface area contributed by atoms with E-state index in [9.17, 15) is 4.79 Å². The summed E-state index contributed by atoms with van der Waals surface area (Å²) in [4.78, 5) is 17.7. The lowest BCUT2D eigenvalue weighted by atomic mass is 10.00. The minimum Gasteiger partial charge on any atom is -0.497 e. The SMILES string of the molecule is COc1cccc(C(=O)C(=Nc2ccccc2)c2ccc(Cl)cc2)c1. The summed E-state index contributed by atoms with van der Waals surface area (Å²) in [7, 11) is 1.57. The predicted octanol–water partition coefficient (Wildman–Crippen LogP) is 5.35. The molecule has 0 aliphatic heterocycles. The molecule has 25 heavy (non-hydrogen) atoms. The van der Waals surface area contributed by atoms with Crippen LogP contribution < -0.4 is 4.74 Å². The van der Waals surface area contributed by atoms with Crippen LogP contribution in [-0.2, 0) is 0 Å². The number of hydrogen-bond acceptors (Lipinski definition) is 3. The normalized spacial score (nSPS) is 11.2. The van der Waals surface area contributed by atoms with Gasteiger partial charge in [0, 0.05) is 16.1 Å². The first-order chi connectivity index (χ1) is 12.2. The number of rotatable bonds is 5. The topological polar surface area (TPSA) is 38.7 Å². The van der Waals surface area contributed by atoms with Gasteiger partial charge in [-0.2, -0.15) is 0 Å². The Morgan fingerprint density at radius 3 is 2.28 bits per heavy atom. The number of carbonyl (C=O) groups excluding carboxylic acids is 1. The van der Waals surface area contributed by atoms with Crippen molar-refractivity contribution in [3.8, 4) is 5.75 Å². The van der Waals surface area contributed by atoms with Gasteiger partial charge in [0.15, 0.2) is 0 Å². The highest BCUT2D eigenvalue weighted by Crippen LogP contribution is 2.20. The van der Waals surface area contributed by atoms with E-state index >= 15 is 0 Å². The number of nitrogens with zero attached hydrogens (tertiary/aromatic N) is 1. The second-order valence-electron chi connectivity index (χ2n) is 5.36. The second kappa shape index (κ2) is 7.77. The molecule has 0 aliphatic carbocycles. The smallest absolute Gasteiger partial charge is 0.212 e. The maximum Gasteiger partial charge on any atom is 0.212 e. The van der Waals surface area contributed by atoms with E-state index in [1.54, 1.807) is 55.6 Å². The molecule has 0 bridgehead atoms. The molecule has 4 heteroatoms. The number of Topliss-reactive ketones (excluding diaryl/α,β-unsaturated/α-hetero) is 1. The van der Waals surface area contributed by atoms with E-state index in [-0.39, 0.29) is 5.78 Å². The lowest BCUT2D eigenvalue weighted by Crippen LogP contribution is -2.15. The van der Waals surface area contributed by atoms with Gasteiger partial charge in [-0.05, 0) is 36.4 Å². The molecule has 0 saturated heterocycles. The zero-order valence-electron chi connectivity index (χ0n) is 13.6. The summed E-state index contributed by atoms with van der Waals surface area (Å²) >= 11 is 5.97. The highest BCUT2D eigenvalue weighted by Gasteiger charge is 2.17. The van der Waals surface area contributed by atoms with Crippen LogP contribution in [0.1, 0.15) is 15.9 Å². The van der Waals surface area contributed by atoms with Gasteiger partial charge in [-0.1, -0.05) is 54.1 Å². The van der Waals surface area contributed by atoms with Crippen LogP contribution in [0.15, 0.2) is 83.9 Å². The first kappa shape index (κ1) is 16.9. The molecule has 0 fully saturated rings. The third kappa shape index (κ3) is 4.14. The van der Waals surface area contributed by atoms with Crippen molar-refractivity contribution in [2.45, 2.75) is 0 Å². The number of aliphatic imine (C=N–C) groups is 1. The first-order valence-electron chi connectivity index (χ1n) is 7.76. The van der Waals surface area contributed by atoms with Crippen molar-refractivity contribution in [3.05, 3.63) is 95.0 Å². The van der Waals surface area contributed by atoms with E-state index in [0.717, 1.165) is 0 Å². The summed E-state index contributed by atoms with van der Waals surface area (Å²) in [5, 5.41) is 0.608. The van der Waals surface area contributed by atoms with Crippen molar-refractivity contribution >= 4 is 28.8 Å². The van der Waals surface area contributed by atoms with Crippen molar-refractivity contribution in [1.29, 1.82) is 0 Å². The van der Waals surface area contributed by atoms with Crippen molar-refractivity contribution < 1.29 is 9.53 Å². The maximum absolute atomic E-state index is 13.1. The van der Waals surface area contributed by atoms with Crippen LogP contribution in [0.4, 0.5) is 5.69 Å². The fraction of sp³-hybridized carbons (Fsp3) is 0.0476. The minimum absolute atomic E-state index is 0.176. The summed E-state index contributed by atoms with van der Waals surface area (Å²) in [6.45, 7) is 0. The van der Waals surface area contributed by atoms with E-state index in [1.165, 1.54) is 0 Å². The largest absolute Gasteiger partial charge is 0.497 e. The summed E-state index contributed by atoms with van der Waals surface area (Å²) < 4.78 is 5.21. The van der Waals surface area contributed by atoms with Gasteiger partial charge in [0.25, 0.3) is 0 Å². The van der Waals surface area contributed by atoms with E-state index < -0.39 is 0 Å². The van der Waals surface area contributed by atoms with E-state index in [0.29, 0.717) is 33.3 Å². The van der Waals surface area contributed by atoms with Crippen molar-refractivity contribution in [2.75, 3.05) is 7.11 Å². The molecule has 124 valence electrons. The molecule has 0 N–H and O–H groups in total. The number of halogens is 1. The minimum atomic E-state index is -0.176. The molecule has 0 aromatic heterocycles. The molecule has 3 nitrogen and oxygen atoms in total. The Kier molecular flexibility index (Phi) is 5.26. The lowest BCUT2D eigenvalue weighted by molar-refractivity contribution is 0.106. The molecule has 0 unspecified atom stereocenters. The van der Waals surface area contributed by atoms with Gasteiger partial charge in [-0.15, -0.1) is 0 Å². The molecule has 3 rings (SSSR count). The zero-order chi connectivity index (χ0) is 17.6. The average molecular weight is 350 g/mol. The number of ketones is 1. The Balaban J connectivity index is 2.08. The number of hydrogen-bond donors (Lipinski definition) is 0. The second-order valence-corrected chi connectivity index (χ2v) is 5.80. The van der Waals surface area contributed by atoms with Crippen LogP contribution in [-0.4, -0.2) is 18.6 Å². The monoisotopic (exact) mass is 349 g/mol. The quantitative estimate of drug-likeness (QED) is 0.460. The fourth-order valence-corrected chi connectivity index (χ4v) is 2.51. The van der Waals surface area contributed by atoms with E-state index in [4.69, 9.17) is 16.3 Å². The van der Waals surface area contributed by atoms with E-state index in [1.807, 2.05) is 30.3 Å². The number of para-hydroxylation sites is 1. The maximum atomic E-state index is 13.1. The molecule has 3 aromatic carbocycles. The van der Waals surface area contributed by atoms with Gasteiger partial charge in [0.2, 0.25) is 5.78 Å². The molecule has 0 radical (unpaired) electrons. The first-order valence-corrected chi connectivity index (χ1v) is 8.13. The summed E-state index contributed by atoms with van der Waals surface area (Å²) in [6.07, 6.45) is 0. The molecule has 3 aromatic rings. The third-order valence-electron chi connectivity index (χ3n) is 3.66. The Morgan fingerprint density at radius 2 is 1.60 bits per heavy atom. The van der Waals surface area contributed by atoms with E-state index in [2.05, 4.69) is 4.99 Å². The fourth-order valence-electron chi connectivity index (χ4n) is 2.39. The van der Waals surface area contributed by atoms with Crippen molar-refractivity contribution in [1.82, 2.24) is 0 Å². The van der Waals surface area contributed by atoms with Gasteiger partial charge in [-0.25, -0.2) is 4.99 Å². The number of carbonyl (C=O) groups is 1. The van der Waals surface area contributed by atoms with Gasteiger partial charge in [-0.3, -0.25) is 4.79 Å².